The van der Waals surface area contributed by atoms with Gasteiger partial charge in [0, 0.05) is 20.8 Å². The van der Waals surface area contributed by atoms with Crippen LogP contribution in [0.15, 0.2) is 36.4 Å². The molecule has 4 heteroatoms. The summed E-state index contributed by atoms with van der Waals surface area (Å²) in [5.41, 5.74) is 4.12. The van der Waals surface area contributed by atoms with E-state index in [0.29, 0.717) is 0 Å². The maximum absolute atomic E-state index is 6.00. The number of aryl methyl sites for hydroxylation is 1. The van der Waals surface area contributed by atoms with Gasteiger partial charge in [0.15, 0.2) is 0 Å². The molecule has 19 heavy (non-hydrogen) atoms. The fourth-order valence-corrected chi connectivity index (χ4v) is 3.35. The Balaban J connectivity index is 2.00. The second-order valence-corrected chi connectivity index (χ2v) is 6.31. The largest absolute Gasteiger partial charge is 0.271 e. The van der Waals surface area contributed by atoms with Crippen LogP contribution in [0.3, 0.4) is 0 Å². The SMILES string of the molecule is CCc1ccc(CC(Cc2cccc(Cl)c2)NN)s1. The smallest absolute Gasteiger partial charge is 0.0408 e. The fraction of sp³-hybridized carbons (Fsp3) is 0.333. The van der Waals surface area contributed by atoms with Crippen LogP contribution in [0, 0.1) is 0 Å². The molecule has 1 heterocycles. The zero-order valence-corrected chi connectivity index (χ0v) is 12.6. The van der Waals surface area contributed by atoms with E-state index in [1.54, 1.807) is 0 Å². The molecule has 0 aliphatic rings. The van der Waals surface area contributed by atoms with Gasteiger partial charge in [-0.2, -0.15) is 0 Å². The highest BCUT2D eigenvalue weighted by Crippen LogP contribution is 2.20. The topological polar surface area (TPSA) is 38.0 Å². The van der Waals surface area contributed by atoms with Gasteiger partial charge in [-0.3, -0.25) is 11.3 Å². The lowest BCUT2D eigenvalue weighted by Crippen LogP contribution is -2.38. The Morgan fingerprint density at radius 3 is 2.63 bits per heavy atom. The van der Waals surface area contributed by atoms with Crippen molar-refractivity contribution in [3.05, 3.63) is 56.7 Å². The normalized spacial score (nSPS) is 12.6. The highest BCUT2D eigenvalue weighted by atomic mass is 35.5. The van der Waals surface area contributed by atoms with Crippen molar-refractivity contribution in [3.8, 4) is 0 Å². The predicted molar refractivity (Wildman–Crippen MR) is 83.7 cm³/mol. The number of rotatable bonds is 6. The molecule has 0 bridgehead atoms. The van der Waals surface area contributed by atoms with Gasteiger partial charge in [-0.1, -0.05) is 30.7 Å². The van der Waals surface area contributed by atoms with E-state index >= 15 is 0 Å². The summed E-state index contributed by atoms with van der Waals surface area (Å²) in [5.74, 6) is 5.67. The molecule has 0 radical (unpaired) electrons. The molecule has 2 rings (SSSR count). The minimum atomic E-state index is 0.238. The Hall–Kier alpha value is -0.870. The second kappa shape index (κ2) is 7.06. The first-order valence-electron chi connectivity index (χ1n) is 6.49. The number of halogens is 1. The van der Waals surface area contributed by atoms with E-state index in [1.807, 2.05) is 29.5 Å². The first kappa shape index (κ1) is 14.5. The summed E-state index contributed by atoms with van der Waals surface area (Å²) in [6.45, 7) is 2.18. The van der Waals surface area contributed by atoms with Gasteiger partial charge >= 0.3 is 0 Å². The van der Waals surface area contributed by atoms with Gasteiger partial charge in [0.1, 0.15) is 0 Å². The van der Waals surface area contributed by atoms with Gasteiger partial charge in [-0.25, -0.2) is 0 Å². The average Bonchev–Trinajstić information content (AvgIpc) is 2.85. The van der Waals surface area contributed by atoms with E-state index in [4.69, 9.17) is 17.4 Å². The van der Waals surface area contributed by atoms with Gasteiger partial charge in [0.05, 0.1) is 0 Å². The molecule has 1 unspecified atom stereocenters. The van der Waals surface area contributed by atoms with E-state index in [9.17, 15) is 0 Å². The maximum atomic E-state index is 6.00. The lowest BCUT2D eigenvalue weighted by atomic mass is 10.0. The molecule has 0 saturated heterocycles. The van der Waals surface area contributed by atoms with Crippen LogP contribution in [0.1, 0.15) is 22.2 Å². The zero-order chi connectivity index (χ0) is 13.7. The van der Waals surface area contributed by atoms with Crippen LogP contribution in [0.4, 0.5) is 0 Å². The highest BCUT2D eigenvalue weighted by molar-refractivity contribution is 7.11. The van der Waals surface area contributed by atoms with Crippen molar-refractivity contribution < 1.29 is 0 Å². The van der Waals surface area contributed by atoms with Crippen molar-refractivity contribution in [3.63, 3.8) is 0 Å². The quantitative estimate of drug-likeness (QED) is 0.631. The second-order valence-electron chi connectivity index (χ2n) is 4.62. The molecule has 1 aromatic carbocycles. The molecule has 0 aliphatic heterocycles. The fourth-order valence-electron chi connectivity index (χ4n) is 2.10. The third kappa shape index (κ3) is 4.32. The maximum Gasteiger partial charge on any atom is 0.0408 e. The predicted octanol–water partition coefficient (Wildman–Crippen LogP) is 3.58. The zero-order valence-electron chi connectivity index (χ0n) is 11.0. The van der Waals surface area contributed by atoms with Crippen molar-refractivity contribution >= 4 is 22.9 Å². The molecule has 0 amide bonds. The van der Waals surface area contributed by atoms with Crippen LogP contribution in [0.25, 0.3) is 0 Å². The van der Waals surface area contributed by atoms with E-state index < -0.39 is 0 Å². The van der Waals surface area contributed by atoms with Gasteiger partial charge in [-0.15, -0.1) is 11.3 Å². The summed E-state index contributed by atoms with van der Waals surface area (Å²) in [4.78, 5) is 2.80. The van der Waals surface area contributed by atoms with Gasteiger partial charge < -0.3 is 0 Å². The minimum absolute atomic E-state index is 0.238. The molecule has 0 saturated carbocycles. The number of nitrogens with one attached hydrogen (secondary N) is 1. The lowest BCUT2D eigenvalue weighted by molar-refractivity contribution is 0.526. The molecule has 102 valence electrons. The molecule has 2 aromatic rings. The van der Waals surface area contributed by atoms with Crippen molar-refractivity contribution in [2.24, 2.45) is 5.84 Å². The molecule has 1 atom stereocenters. The number of hydrogen-bond donors (Lipinski definition) is 2. The van der Waals surface area contributed by atoms with Crippen LogP contribution >= 0.6 is 22.9 Å². The summed E-state index contributed by atoms with van der Waals surface area (Å²) in [6, 6.07) is 12.6. The Bertz CT molecular complexity index is 524. The number of hydrazine groups is 1. The third-order valence-electron chi connectivity index (χ3n) is 3.12. The highest BCUT2D eigenvalue weighted by Gasteiger charge is 2.10. The van der Waals surface area contributed by atoms with E-state index in [1.165, 1.54) is 15.3 Å². The molecule has 2 nitrogen and oxygen atoms in total. The van der Waals surface area contributed by atoms with Crippen molar-refractivity contribution in [2.45, 2.75) is 32.2 Å². The van der Waals surface area contributed by atoms with E-state index in [-0.39, 0.29) is 6.04 Å². The van der Waals surface area contributed by atoms with E-state index in [2.05, 4.69) is 30.5 Å². The summed E-state index contributed by atoms with van der Waals surface area (Å²) in [7, 11) is 0. The Morgan fingerprint density at radius 1 is 1.21 bits per heavy atom. The summed E-state index contributed by atoms with van der Waals surface area (Å²) in [5, 5.41) is 0.776. The van der Waals surface area contributed by atoms with E-state index in [0.717, 1.165) is 24.3 Å². The van der Waals surface area contributed by atoms with Gasteiger partial charge in [-0.05, 0) is 49.1 Å². The van der Waals surface area contributed by atoms with Crippen molar-refractivity contribution in [2.75, 3.05) is 0 Å². The van der Waals surface area contributed by atoms with Crippen LogP contribution < -0.4 is 11.3 Å². The number of nitrogens with two attached hydrogens (primary N) is 1. The average molecular weight is 295 g/mol. The number of hydrogen-bond acceptors (Lipinski definition) is 3. The standard InChI is InChI=1S/C15H19ClN2S/c1-2-14-6-7-15(19-14)10-13(18-17)9-11-4-3-5-12(16)8-11/h3-8,13,18H,2,9-10,17H2,1H3. The summed E-state index contributed by atoms with van der Waals surface area (Å²) >= 11 is 7.87. The molecule has 3 N–H and O–H groups in total. The molecular formula is C15H19ClN2S. The molecule has 0 spiro atoms. The van der Waals surface area contributed by atoms with Crippen LogP contribution in [0.5, 0.6) is 0 Å². The molecule has 1 aromatic heterocycles. The Kier molecular flexibility index (Phi) is 5.40. The number of benzene rings is 1. The molecule has 0 fully saturated rings. The molecular weight excluding hydrogens is 276 g/mol. The van der Waals surface area contributed by atoms with Crippen LogP contribution in [0.2, 0.25) is 5.02 Å². The monoisotopic (exact) mass is 294 g/mol. The summed E-state index contributed by atoms with van der Waals surface area (Å²) < 4.78 is 0. The van der Waals surface area contributed by atoms with Crippen LogP contribution in [-0.4, -0.2) is 6.04 Å². The van der Waals surface area contributed by atoms with Gasteiger partial charge in [0.25, 0.3) is 0 Å². The minimum Gasteiger partial charge on any atom is -0.271 e. The Labute approximate surface area is 123 Å². The third-order valence-corrected chi connectivity index (χ3v) is 4.61. The van der Waals surface area contributed by atoms with Crippen LogP contribution in [-0.2, 0) is 19.3 Å². The first-order valence-corrected chi connectivity index (χ1v) is 7.69. The molecule has 0 aliphatic carbocycles. The van der Waals surface area contributed by atoms with Gasteiger partial charge in [0.2, 0.25) is 0 Å². The number of thiophene rings is 1. The Morgan fingerprint density at radius 2 is 2.00 bits per heavy atom. The lowest BCUT2D eigenvalue weighted by Gasteiger charge is -2.15. The summed E-state index contributed by atoms with van der Waals surface area (Å²) in [6.07, 6.45) is 2.93. The van der Waals surface area contributed by atoms with Crippen molar-refractivity contribution in [1.29, 1.82) is 0 Å². The van der Waals surface area contributed by atoms with Crippen molar-refractivity contribution in [1.82, 2.24) is 5.43 Å². The first-order chi connectivity index (χ1) is 9.21.